The second-order valence-electron chi connectivity index (χ2n) is 5.60. The zero-order valence-corrected chi connectivity index (χ0v) is 12.8. The van der Waals surface area contributed by atoms with Gasteiger partial charge in [0.25, 0.3) is 0 Å². The van der Waals surface area contributed by atoms with Crippen LogP contribution in [0.3, 0.4) is 0 Å². The van der Waals surface area contributed by atoms with Gasteiger partial charge in [-0.25, -0.2) is 0 Å². The highest BCUT2D eigenvalue weighted by Crippen LogP contribution is 2.28. The monoisotopic (exact) mass is 319 g/mol. The summed E-state index contributed by atoms with van der Waals surface area (Å²) in [4.78, 5) is 0. The van der Waals surface area contributed by atoms with Crippen LogP contribution in [0, 0.1) is 0 Å². The Kier molecular flexibility index (Phi) is 5.31. The van der Waals surface area contributed by atoms with Crippen LogP contribution in [0.4, 0.5) is 0 Å². The molecule has 0 aliphatic carbocycles. The normalized spacial score (nSPS) is 13.7. The van der Waals surface area contributed by atoms with Gasteiger partial charge in [0.1, 0.15) is 0 Å². The van der Waals surface area contributed by atoms with Crippen LogP contribution in [-0.4, -0.2) is 38.1 Å². The van der Waals surface area contributed by atoms with Crippen LogP contribution >= 0.6 is 0 Å². The first-order valence-corrected chi connectivity index (χ1v) is 7.31. The number of aromatic hydroxyl groups is 4. The van der Waals surface area contributed by atoms with E-state index in [1.807, 2.05) is 6.92 Å². The molecule has 0 spiro atoms. The van der Waals surface area contributed by atoms with Gasteiger partial charge in [0.05, 0.1) is 6.10 Å². The molecule has 0 saturated carbocycles. The molecule has 0 aliphatic heterocycles. The van der Waals surface area contributed by atoms with Crippen LogP contribution in [0.25, 0.3) is 0 Å². The minimum Gasteiger partial charge on any atom is -0.504 e. The predicted molar refractivity (Wildman–Crippen MR) is 85.7 cm³/mol. The molecular weight excluding hydrogens is 298 g/mol. The minimum absolute atomic E-state index is 0.0271. The average molecular weight is 319 g/mol. The summed E-state index contributed by atoms with van der Waals surface area (Å²) in [7, 11) is 0. The van der Waals surface area contributed by atoms with Crippen molar-refractivity contribution in [1.82, 2.24) is 5.32 Å². The lowest BCUT2D eigenvalue weighted by atomic mass is 10.1. The number of hydrogen-bond acceptors (Lipinski definition) is 6. The molecule has 2 aromatic rings. The van der Waals surface area contributed by atoms with E-state index in [0.29, 0.717) is 12.0 Å². The molecule has 1 unspecified atom stereocenters. The van der Waals surface area contributed by atoms with Crippen molar-refractivity contribution < 1.29 is 25.5 Å². The fourth-order valence-corrected chi connectivity index (χ4v) is 2.30. The molecular formula is C17H21NO5. The molecule has 0 heterocycles. The predicted octanol–water partition coefficient (Wildman–Crippen LogP) is 1.76. The largest absolute Gasteiger partial charge is 0.504 e. The highest BCUT2D eigenvalue weighted by molar-refractivity contribution is 5.41. The summed E-state index contributed by atoms with van der Waals surface area (Å²) in [6, 6.07) is 8.89. The molecule has 0 saturated heterocycles. The average Bonchev–Trinajstić information content (AvgIpc) is 2.51. The van der Waals surface area contributed by atoms with Gasteiger partial charge in [-0.05, 0) is 48.7 Å². The lowest BCUT2D eigenvalue weighted by molar-refractivity contribution is 0.170. The third-order valence-electron chi connectivity index (χ3n) is 3.63. The van der Waals surface area contributed by atoms with Crippen molar-refractivity contribution in [2.75, 3.05) is 6.54 Å². The van der Waals surface area contributed by atoms with E-state index in [1.54, 1.807) is 12.1 Å². The van der Waals surface area contributed by atoms with Crippen LogP contribution in [0.15, 0.2) is 36.4 Å². The molecule has 2 aromatic carbocycles. The van der Waals surface area contributed by atoms with Gasteiger partial charge in [-0.3, -0.25) is 0 Å². The number of phenols is 4. The smallest absolute Gasteiger partial charge is 0.157 e. The van der Waals surface area contributed by atoms with Crippen molar-refractivity contribution in [3.8, 4) is 23.0 Å². The maximum Gasteiger partial charge on any atom is 0.157 e. The number of aliphatic hydroxyl groups excluding tert-OH is 1. The van der Waals surface area contributed by atoms with E-state index in [9.17, 15) is 25.5 Å². The first kappa shape index (κ1) is 16.9. The zero-order valence-electron chi connectivity index (χ0n) is 12.8. The van der Waals surface area contributed by atoms with Crippen molar-refractivity contribution in [1.29, 1.82) is 0 Å². The van der Waals surface area contributed by atoms with Crippen molar-refractivity contribution >= 4 is 0 Å². The first-order chi connectivity index (χ1) is 10.9. The Balaban J connectivity index is 1.89. The molecule has 6 heteroatoms. The van der Waals surface area contributed by atoms with Crippen molar-refractivity contribution in [3.05, 3.63) is 47.5 Å². The Morgan fingerprint density at radius 1 is 0.870 bits per heavy atom. The number of hydrogen-bond donors (Lipinski definition) is 6. The summed E-state index contributed by atoms with van der Waals surface area (Å²) in [5, 5.41) is 50.7. The lowest BCUT2D eigenvalue weighted by Gasteiger charge is -2.18. The molecule has 23 heavy (non-hydrogen) atoms. The number of phenolic OH excluding ortho intramolecular Hbond substituents is 4. The number of nitrogens with one attached hydrogen (secondary N) is 1. The molecule has 0 bridgehead atoms. The summed E-state index contributed by atoms with van der Waals surface area (Å²) in [5.41, 5.74) is 1.36. The third-order valence-corrected chi connectivity index (χ3v) is 3.63. The Morgan fingerprint density at radius 2 is 1.48 bits per heavy atom. The van der Waals surface area contributed by atoms with Gasteiger partial charge in [0, 0.05) is 12.6 Å². The fraction of sp³-hybridized carbons (Fsp3) is 0.294. The van der Waals surface area contributed by atoms with Gasteiger partial charge in [-0.2, -0.15) is 0 Å². The third kappa shape index (κ3) is 4.51. The highest BCUT2D eigenvalue weighted by atomic mass is 16.3. The second kappa shape index (κ2) is 7.21. The molecule has 2 rings (SSSR count). The Hall–Kier alpha value is -2.44. The van der Waals surface area contributed by atoms with Gasteiger partial charge in [0.2, 0.25) is 0 Å². The number of rotatable bonds is 6. The Morgan fingerprint density at radius 3 is 2.09 bits per heavy atom. The summed E-state index contributed by atoms with van der Waals surface area (Å²) >= 11 is 0. The molecule has 0 radical (unpaired) electrons. The maximum absolute atomic E-state index is 10.1. The molecule has 6 N–H and O–H groups in total. The zero-order chi connectivity index (χ0) is 17.0. The summed E-state index contributed by atoms with van der Waals surface area (Å²) in [6.45, 7) is 2.21. The Labute approximate surface area is 134 Å². The summed E-state index contributed by atoms with van der Waals surface area (Å²) in [6.07, 6.45) is -0.210. The van der Waals surface area contributed by atoms with Crippen molar-refractivity contribution in [2.45, 2.75) is 25.5 Å². The van der Waals surface area contributed by atoms with Gasteiger partial charge in [-0.15, -0.1) is 0 Å². The molecule has 0 fully saturated rings. The molecule has 124 valence electrons. The van der Waals surface area contributed by atoms with E-state index in [2.05, 4.69) is 5.32 Å². The standard InChI is InChI=1S/C17H21NO5/c1-10(6-11-2-4-13(19)15(21)7-11)18-9-17(23)12-3-5-14(20)16(22)8-12/h2-5,7-8,10,17-23H,6,9H2,1H3/t10?,17-/m0/s1. The van der Waals surface area contributed by atoms with Crippen molar-refractivity contribution in [2.24, 2.45) is 0 Å². The first-order valence-electron chi connectivity index (χ1n) is 7.31. The topological polar surface area (TPSA) is 113 Å². The van der Waals surface area contributed by atoms with E-state index in [4.69, 9.17) is 0 Å². The molecule has 0 amide bonds. The maximum atomic E-state index is 10.1. The number of aliphatic hydroxyl groups is 1. The molecule has 0 aromatic heterocycles. The SMILES string of the molecule is CC(Cc1ccc(O)c(O)c1)NC[C@H](O)c1ccc(O)c(O)c1. The van der Waals surface area contributed by atoms with Gasteiger partial charge in [-0.1, -0.05) is 12.1 Å². The highest BCUT2D eigenvalue weighted by Gasteiger charge is 2.12. The molecule has 6 nitrogen and oxygen atoms in total. The van der Waals surface area contributed by atoms with Gasteiger partial charge < -0.3 is 30.8 Å². The van der Waals surface area contributed by atoms with E-state index in [-0.39, 0.29) is 35.6 Å². The second-order valence-corrected chi connectivity index (χ2v) is 5.60. The van der Waals surface area contributed by atoms with Crippen LogP contribution in [0.5, 0.6) is 23.0 Å². The van der Waals surface area contributed by atoms with Crippen LogP contribution in [-0.2, 0) is 6.42 Å². The van der Waals surface area contributed by atoms with Gasteiger partial charge in [0.15, 0.2) is 23.0 Å². The molecule has 2 atom stereocenters. The van der Waals surface area contributed by atoms with E-state index < -0.39 is 6.10 Å². The fourth-order valence-electron chi connectivity index (χ4n) is 2.30. The van der Waals surface area contributed by atoms with Crippen LogP contribution < -0.4 is 5.32 Å². The van der Waals surface area contributed by atoms with Crippen LogP contribution in [0.1, 0.15) is 24.2 Å². The van der Waals surface area contributed by atoms with E-state index >= 15 is 0 Å². The van der Waals surface area contributed by atoms with Gasteiger partial charge >= 0.3 is 0 Å². The summed E-state index contributed by atoms with van der Waals surface area (Å²) in [5.74, 6) is -0.810. The van der Waals surface area contributed by atoms with E-state index in [0.717, 1.165) is 5.56 Å². The Bertz CT molecular complexity index is 674. The van der Waals surface area contributed by atoms with Crippen molar-refractivity contribution in [3.63, 3.8) is 0 Å². The number of benzene rings is 2. The minimum atomic E-state index is -0.822. The summed E-state index contributed by atoms with van der Waals surface area (Å²) < 4.78 is 0. The van der Waals surface area contributed by atoms with Crippen LogP contribution in [0.2, 0.25) is 0 Å². The van der Waals surface area contributed by atoms with E-state index in [1.165, 1.54) is 24.3 Å². The quantitative estimate of drug-likeness (QED) is 0.452. The molecule has 0 aliphatic rings. The lowest BCUT2D eigenvalue weighted by Crippen LogP contribution is -2.32.